The predicted molar refractivity (Wildman–Crippen MR) is 69.3 cm³/mol. The van der Waals surface area contributed by atoms with Gasteiger partial charge in [-0.15, -0.1) is 0 Å². The van der Waals surface area contributed by atoms with E-state index in [0.717, 1.165) is 31.9 Å². The largest absolute Gasteiger partial charge is 0.493 e. The molecule has 0 spiro atoms. The van der Waals surface area contributed by atoms with E-state index >= 15 is 0 Å². The van der Waals surface area contributed by atoms with Gasteiger partial charge in [0, 0.05) is 0 Å². The van der Waals surface area contributed by atoms with Gasteiger partial charge in [0.2, 0.25) is 0 Å². The highest BCUT2D eigenvalue weighted by Gasteiger charge is 2.05. The monoisotopic (exact) mass is 221 g/mol. The van der Waals surface area contributed by atoms with Gasteiger partial charge in [-0.3, -0.25) is 0 Å². The molecule has 0 atom stereocenters. The van der Waals surface area contributed by atoms with Crippen molar-refractivity contribution in [2.45, 2.75) is 34.1 Å². The molecule has 0 amide bonds. The lowest BCUT2D eigenvalue weighted by Gasteiger charge is -2.13. The molecule has 0 aromatic heterocycles. The van der Waals surface area contributed by atoms with Crippen LogP contribution in [0.2, 0.25) is 0 Å². The Balaban J connectivity index is 2.50. The molecule has 2 nitrogen and oxygen atoms in total. The quantitative estimate of drug-likeness (QED) is 0.746. The summed E-state index contributed by atoms with van der Waals surface area (Å²) >= 11 is 0. The number of nitrogens with one attached hydrogen (secondary N) is 1. The lowest BCUT2D eigenvalue weighted by molar-refractivity contribution is 0.304. The zero-order valence-corrected chi connectivity index (χ0v) is 10.9. The van der Waals surface area contributed by atoms with E-state index in [-0.39, 0.29) is 0 Å². The third kappa shape index (κ3) is 3.53. The van der Waals surface area contributed by atoms with Crippen molar-refractivity contribution in [3.63, 3.8) is 0 Å². The Bertz CT molecular complexity index is 334. The van der Waals surface area contributed by atoms with Crippen LogP contribution in [-0.2, 0) is 0 Å². The van der Waals surface area contributed by atoms with Gasteiger partial charge in [-0.2, -0.15) is 0 Å². The molecule has 0 unspecified atom stereocenters. The van der Waals surface area contributed by atoms with E-state index in [1.54, 1.807) is 0 Å². The fourth-order valence-electron chi connectivity index (χ4n) is 1.70. The van der Waals surface area contributed by atoms with Gasteiger partial charge in [-0.1, -0.05) is 19.1 Å². The molecule has 1 rings (SSSR count). The topological polar surface area (TPSA) is 21.3 Å². The molecule has 0 bridgehead atoms. The molecule has 90 valence electrons. The molecule has 0 aliphatic rings. The molecular weight excluding hydrogens is 198 g/mol. The molecule has 16 heavy (non-hydrogen) atoms. The Morgan fingerprint density at radius 3 is 2.50 bits per heavy atom. The number of ether oxygens (including phenoxy) is 1. The van der Waals surface area contributed by atoms with Crippen LogP contribution in [-0.4, -0.2) is 19.7 Å². The van der Waals surface area contributed by atoms with Crippen LogP contribution in [0.3, 0.4) is 0 Å². The van der Waals surface area contributed by atoms with Crippen molar-refractivity contribution in [3.05, 3.63) is 28.8 Å². The van der Waals surface area contributed by atoms with Crippen molar-refractivity contribution >= 4 is 0 Å². The third-order valence-electron chi connectivity index (χ3n) is 2.87. The van der Waals surface area contributed by atoms with Crippen molar-refractivity contribution in [1.29, 1.82) is 0 Å². The number of rotatable bonds is 6. The van der Waals surface area contributed by atoms with E-state index < -0.39 is 0 Å². The van der Waals surface area contributed by atoms with E-state index in [9.17, 15) is 0 Å². The van der Waals surface area contributed by atoms with Gasteiger partial charge in [-0.25, -0.2) is 0 Å². The summed E-state index contributed by atoms with van der Waals surface area (Å²) in [4.78, 5) is 0. The van der Waals surface area contributed by atoms with Crippen LogP contribution in [0.4, 0.5) is 0 Å². The molecule has 0 aliphatic heterocycles. The SMILES string of the molecule is CCNCCCOc1c(C)ccc(C)c1C. The summed E-state index contributed by atoms with van der Waals surface area (Å²) in [6.07, 6.45) is 1.06. The molecule has 0 radical (unpaired) electrons. The van der Waals surface area contributed by atoms with Gasteiger partial charge < -0.3 is 10.1 Å². The van der Waals surface area contributed by atoms with Crippen LogP contribution in [0.25, 0.3) is 0 Å². The number of hydrogen-bond acceptors (Lipinski definition) is 2. The molecule has 0 saturated carbocycles. The van der Waals surface area contributed by atoms with E-state index in [4.69, 9.17) is 4.74 Å². The van der Waals surface area contributed by atoms with Gasteiger partial charge in [-0.05, 0) is 57.0 Å². The molecular formula is C14H23NO. The standard InChI is InChI=1S/C14H23NO/c1-5-15-9-6-10-16-14-12(3)8-7-11(2)13(14)4/h7-8,15H,5-6,9-10H2,1-4H3. The fraction of sp³-hybridized carbons (Fsp3) is 0.571. The zero-order valence-electron chi connectivity index (χ0n) is 10.9. The van der Waals surface area contributed by atoms with Gasteiger partial charge in [0.25, 0.3) is 0 Å². The van der Waals surface area contributed by atoms with E-state index in [2.05, 4.69) is 45.1 Å². The normalized spacial score (nSPS) is 10.5. The molecule has 1 N–H and O–H groups in total. The average Bonchev–Trinajstić information content (AvgIpc) is 2.28. The highest BCUT2D eigenvalue weighted by molar-refractivity contribution is 5.44. The van der Waals surface area contributed by atoms with Crippen molar-refractivity contribution < 1.29 is 4.74 Å². The van der Waals surface area contributed by atoms with E-state index in [1.165, 1.54) is 16.7 Å². The minimum absolute atomic E-state index is 0.790. The number of benzene rings is 1. The van der Waals surface area contributed by atoms with Crippen molar-refractivity contribution in [3.8, 4) is 5.75 Å². The first-order valence-corrected chi connectivity index (χ1v) is 6.07. The van der Waals surface area contributed by atoms with E-state index in [0.29, 0.717) is 0 Å². The molecule has 0 heterocycles. The van der Waals surface area contributed by atoms with Crippen molar-refractivity contribution in [1.82, 2.24) is 5.32 Å². The summed E-state index contributed by atoms with van der Waals surface area (Å²) in [5.74, 6) is 1.07. The predicted octanol–water partition coefficient (Wildman–Crippen LogP) is 2.99. The van der Waals surface area contributed by atoms with Crippen molar-refractivity contribution in [2.24, 2.45) is 0 Å². The third-order valence-corrected chi connectivity index (χ3v) is 2.87. The average molecular weight is 221 g/mol. The maximum atomic E-state index is 5.85. The first-order chi connectivity index (χ1) is 7.66. The van der Waals surface area contributed by atoms with E-state index in [1.807, 2.05) is 0 Å². The maximum absolute atomic E-state index is 5.85. The second-order valence-electron chi connectivity index (χ2n) is 4.21. The molecule has 1 aromatic carbocycles. The summed E-state index contributed by atoms with van der Waals surface area (Å²) in [5, 5.41) is 3.30. The van der Waals surface area contributed by atoms with Crippen LogP contribution in [0.15, 0.2) is 12.1 Å². The lowest BCUT2D eigenvalue weighted by Crippen LogP contribution is -2.16. The smallest absolute Gasteiger partial charge is 0.125 e. The zero-order chi connectivity index (χ0) is 12.0. The Hall–Kier alpha value is -1.02. The molecule has 0 saturated heterocycles. The lowest BCUT2D eigenvalue weighted by atomic mass is 10.1. The Labute approximate surface area is 99.0 Å². The Morgan fingerprint density at radius 1 is 1.12 bits per heavy atom. The summed E-state index contributed by atoms with van der Waals surface area (Å²) in [6, 6.07) is 4.28. The van der Waals surface area contributed by atoms with Crippen LogP contribution in [0.5, 0.6) is 5.75 Å². The van der Waals surface area contributed by atoms with Gasteiger partial charge in [0.15, 0.2) is 0 Å². The molecule has 0 aliphatic carbocycles. The van der Waals surface area contributed by atoms with Gasteiger partial charge >= 0.3 is 0 Å². The second-order valence-corrected chi connectivity index (χ2v) is 4.21. The Morgan fingerprint density at radius 2 is 1.81 bits per heavy atom. The van der Waals surface area contributed by atoms with Crippen LogP contribution < -0.4 is 10.1 Å². The minimum atomic E-state index is 0.790. The van der Waals surface area contributed by atoms with Crippen LogP contribution >= 0.6 is 0 Å². The van der Waals surface area contributed by atoms with Crippen LogP contribution in [0, 0.1) is 20.8 Å². The Kier molecular flexibility index (Phi) is 5.33. The second kappa shape index (κ2) is 6.54. The first-order valence-electron chi connectivity index (χ1n) is 6.07. The number of hydrogen-bond donors (Lipinski definition) is 1. The first kappa shape index (κ1) is 13.0. The van der Waals surface area contributed by atoms with Crippen LogP contribution in [0.1, 0.15) is 30.0 Å². The van der Waals surface area contributed by atoms with Gasteiger partial charge in [0.05, 0.1) is 6.61 Å². The minimum Gasteiger partial charge on any atom is -0.493 e. The summed E-state index contributed by atoms with van der Waals surface area (Å²) in [5.41, 5.74) is 3.79. The fourth-order valence-corrected chi connectivity index (χ4v) is 1.70. The highest BCUT2D eigenvalue weighted by Crippen LogP contribution is 2.25. The molecule has 0 fully saturated rings. The molecule has 2 heteroatoms. The highest BCUT2D eigenvalue weighted by atomic mass is 16.5. The maximum Gasteiger partial charge on any atom is 0.125 e. The summed E-state index contributed by atoms with van der Waals surface area (Å²) in [7, 11) is 0. The van der Waals surface area contributed by atoms with Gasteiger partial charge in [0.1, 0.15) is 5.75 Å². The summed E-state index contributed by atoms with van der Waals surface area (Å²) in [6.45, 7) is 11.3. The summed E-state index contributed by atoms with van der Waals surface area (Å²) < 4.78 is 5.85. The van der Waals surface area contributed by atoms with Crippen molar-refractivity contribution in [2.75, 3.05) is 19.7 Å². The number of aryl methyl sites for hydroxylation is 2. The molecule has 1 aromatic rings.